The quantitative estimate of drug-likeness (QED) is 0.465. The summed E-state index contributed by atoms with van der Waals surface area (Å²) >= 11 is 1.57. The molecule has 0 radical (unpaired) electrons. The number of hydrogen-bond acceptors (Lipinski definition) is 2. The third-order valence-electron chi connectivity index (χ3n) is 5.76. The molecule has 0 aromatic heterocycles. The minimum atomic E-state index is -4.28. The molecule has 1 aliphatic heterocycles. The largest absolute Gasteiger partial charge is 0.493 e. The average Bonchev–Trinajstić information content (AvgIpc) is 3.13. The first kappa shape index (κ1) is 21.1. The van der Waals surface area contributed by atoms with Gasteiger partial charge in [0.2, 0.25) is 0 Å². The van der Waals surface area contributed by atoms with Gasteiger partial charge in [0.1, 0.15) is 5.75 Å². The van der Waals surface area contributed by atoms with E-state index in [0.717, 1.165) is 22.4 Å². The zero-order chi connectivity index (χ0) is 20.4. The van der Waals surface area contributed by atoms with E-state index in [0.29, 0.717) is 30.8 Å². The maximum absolute atomic E-state index is 14.3. The molecule has 0 fully saturated rings. The molecule has 152 valence electrons. The van der Waals surface area contributed by atoms with E-state index in [-0.39, 0.29) is 6.42 Å². The highest BCUT2D eigenvalue weighted by Gasteiger charge is 2.52. The van der Waals surface area contributed by atoms with Gasteiger partial charge >= 0.3 is 6.18 Å². The second-order valence-corrected chi connectivity index (χ2v) is 8.60. The van der Waals surface area contributed by atoms with Gasteiger partial charge < -0.3 is 4.74 Å². The van der Waals surface area contributed by atoms with Crippen LogP contribution in [0.4, 0.5) is 13.2 Å². The fraction of sp³-hybridized carbons (Fsp3) is 0.478. The van der Waals surface area contributed by atoms with Crippen LogP contribution >= 0.6 is 11.8 Å². The number of rotatable bonds is 7. The van der Waals surface area contributed by atoms with Crippen molar-refractivity contribution in [3.8, 4) is 5.75 Å². The molecule has 2 unspecified atom stereocenters. The predicted octanol–water partition coefficient (Wildman–Crippen LogP) is 6.82. The first-order valence-corrected chi connectivity index (χ1v) is 11.0. The molecule has 0 saturated heterocycles. The Morgan fingerprint density at radius 3 is 2.46 bits per heavy atom. The molecule has 3 rings (SSSR count). The lowest BCUT2D eigenvalue weighted by atomic mass is 9.65. The first-order chi connectivity index (χ1) is 13.3. The van der Waals surface area contributed by atoms with E-state index in [9.17, 15) is 13.2 Å². The topological polar surface area (TPSA) is 9.23 Å². The third kappa shape index (κ3) is 4.19. The van der Waals surface area contributed by atoms with Gasteiger partial charge in [-0.05, 0) is 42.4 Å². The minimum absolute atomic E-state index is 0.102. The van der Waals surface area contributed by atoms with Crippen molar-refractivity contribution in [3.05, 3.63) is 59.2 Å². The highest BCUT2D eigenvalue weighted by Crippen LogP contribution is 2.51. The normalized spacial score (nSPS) is 16.9. The van der Waals surface area contributed by atoms with Gasteiger partial charge in [-0.1, -0.05) is 50.6 Å². The number of benzene rings is 2. The number of halogens is 3. The van der Waals surface area contributed by atoms with Crippen LogP contribution in [-0.4, -0.2) is 19.0 Å². The highest BCUT2D eigenvalue weighted by molar-refractivity contribution is 7.98. The molecule has 1 aliphatic rings. The number of hydrogen-bond donors (Lipinski definition) is 0. The zero-order valence-electron chi connectivity index (χ0n) is 16.6. The standard InChI is InChI=1S/C23H27F3OS/c1-4-8-20(23(24,25)26)22(2,15-16-9-6-5-7-10-16)19-14-18(28-3)13-17-11-12-27-21(17)19/h5-7,9-10,13-14,20H,4,8,11-12,15H2,1-3H3. The van der Waals surface area contributed by atoms with Crippen LogP contribution < -0.4 is 4.74 Å². The molecule has 1 nitrogen and oxygen atoms in total. The molecule has 2 aromatic carbocycles. The second kappa shape index (κ2) is 8.40. The Kier molecular flexibility index (Phi) is 6.33. The lowest BCUT2D eigenvalue weighted by Crippen LogP contribution is -2.43. The molecule has 1 heterocycles. The van der Waals surface area contributed by atoms with Crippen LogP contribution in [0.15, 0.2) is 47.4 Å². The number of alkyl halides is 3. The van der Waals surface area contributed by atoms with Crippen molar-refractivity contribution < 1.29 is 17.9 Å². The van der Waals surface area contributed by atoms with Crippen molar-refractivity contribution in [1.82, 2.24) is 0 Å². The summed E-state index contributed by atoms with van der Waals surface area (Å²) in [7, 11) is 0. The summed E-state index contributed by atoms with van der Waals surface area (Å²) in [6, 6.07) is 13.5. The molecule has 28 heavy (non-hydrogen) atoms. The molecule has 5 heteroatoms. The van der Waals surface area contributed by atoms with Crippen molar-refractivity contribution in [2.24, 2.45) is 5.92 Å². The fourth-order valence-electron chi connectivity index (χ4n) is 4.38. The highest BCUT2D eigenvalue weighted by atomic mass is 32.2. The van der Waals surface area contributed by atoms with Crippen molar-refractivity contribution >= 4 is 11.8 Å². The van der Waals surface area contributed by atoms with Crippen LogP contribution in [0.5, 0.6) is 5.75 Å². The Hall–Kier alpha value is -1.62. The first-order valence-electron chi connectivity index (χ1n) is 9.74. The van der Waals surface area contributed by atoms with Gasteiger partial charge in [-0.2, -0.15) is 13.2 Å². The van der Waals surface area contributed by atoms with E-state index in [2.05, 4.69) is 6.07 Å². The van der Waals surface area contributed by atoms with E-state index in [4.69, 9.17) is 4.74 Å². The van der Waals surface area contributed by atoms with Gasteiger partial charge in [0, 0.05) is 22.3 Å². The predicted molar refractivity (Wildman–Crippen MR) is 109 cm³/mol. The van der Waals surface area contributed by atoms with Crippen LogP contribution in [0.1, 0.15) is 43.4 Å². The van der Waals surface area contributed by atoms with Crippen LogP contribution in [0, 0.1) is 5.92 Å². The molecule has 0 N–H and O–H groups in total. The molecule has 0 spiro atoms. The number of fused-ring (bicyclic) bond motifs is 1. The van der Waals surface area contributed by atoms with E-state index < -0.39 is 17.5 Å². The second-order valence-electron chi connectivity index (χ2n) is 7.72. The van der Waals surface area contributed by atoms with Crippen molar-refractivity contribution in [1.29, 1.82) is 0 Å². The Morgan fingerprint density at radius 2 is 1.86 bits per heavy atom. The summed E-state index contributed by atoms with van der Waals surface area (Å²) < 4.78 is 48.7. The van der Waals surface area contributed by atoms with Crippen molar-refractivity contribution in [2.45, 2.75) is 56.0 Å². The lowest BCUT2D eigenvalue weighted by Gasteiger charge is -2.40. The smallest absolute Gasteiger partial charge is 0.392 e. The van der Waals surface area contributed by atoms with Gasteiger partial charge in [0.25, 0.3) is 0 Å². The average molecular weight is 409 g/mol. The van der Waals surface area contributed by atoms with Gasteiger partial charge in [0.15, 0.2) is 0 Å². The van der Waals surface area contributed by atoms with Crippen LogP contribution in [-0.2, 0) is 18.3 Å². The summed E-state index contributed by atoms with van der Waals surface area (Å²) in [5, 5.41) is 0. The van der Waals surface area contributed by atoms with E-state index in [1.54, 1.807) is 18.7 Å². The van der Waals surface area contributed by atoms with E-state index >= 15 is 0 Å². The Labute approximate surface area is 169 Å². The molecule has 0 bridgehead atoms. The Bertz CT molecular complexity index is 803. The maximum Gasteiger partial charge on any atom is 0.392 e. The monoisotopic (exact) mass is 408 g/mol. The van der Waals surface area contributed by atoms with Gasteiger partial charge in [-0.3, -0.25) is 0 Å². The molecular weight excluding hydrogens is 381 g/mol. The van der Waals surface area contributed by atoms with E-state index in [1.165, 1.54) is 0 Å². The summed E-state index contributed by atoms with van der Waals surface area (Å²) in [4.78, 5) is 0.996. The zero-order valence-corrected chi connectivity index (χ0v) is 17.4. The number of thioether (sulfide) groups is 1. The minimum Gasteiger partial charge on any atom is -0.493 e. The van der Waals surface area contributed by atoms with Crippen LogP contribution in [0.2, 0.25) is 0 Å². The SMILES string of the molecule is CCCC(C(F)(F)F)C(C)(Cc1ccccc1)c1cc(SC)cc2c1OCC2. The Morgan fingerprint density at radius 1 is 1.14 bits per heavy atom. The molecule has 2 aromatic rings. The summed E-state index contributed by atoms with van der Waals surface area (Å²) in [5.41, 5.74) is 1.54. The summed E-state index contributed by atoms with van der Waals surface area (Å²) in [6.45, 7) is 4.13. The molecule has 0 amide bonds. The van der Waals surface area contributed by atoms with E-state index in [1.807, 2.05) is 49.6 Å². The third-order valence-corrected chi connectivity index (χ3v) is 6.47. The summed E-state index contributed by atoms with van der Waals surface area (Å²) in [5.74, 6) is -0.766. The van der Waals surface area contributed by atoms with Crippen LogP contribution in [0.3, 0.4) is 0 Å². The van der Waals surface area contributed by atoms with Crippen LogP contribution in [0.25, 0.3) is 0 Å². The summed E-state index contributed by atoms with van der Waals surface area (Å²) in [6.07, 6.45) is -0.650. The molecule has 0 saturated carbocycles. The van der Waals surface area contributed by atoms with Crippen molar-refractivity contribution in [2.75, 3.05) is 12.9 Å². The van der Waals surface area contributed by atoms with Gasteiger partial charge in [-0.25, -0.2) is 0 Å². The Balaban J connectivity index is 2.20. The maximum atomic E-state index is 14.3. The molecule has 0 aliphatic carbocycles. The lowest BCUT2D eigenvalue weighted by molar-refractivity contribution is -0.195. The van der Waals surface area contributed by atoms with Crippen molar-refractivity contribution in [3.63, 3.8) is 0 Å². The van der Waals surface area contributed by atoms with Gasteiger partial charge in [0.05, 0.1) is 12.5 Å². The fourth-order valence-corrected chi connectivity index (χ4v) is 4.87. The number of ether oxygens (including phenoxy) is 1. The molecular formula is C23H27F3OS. The molecule has 2 atom stereocenters. The van der Waals surface area contributed by atoms with Gasteiger partial charge in [-0.15, -0.1) is 11.8 Å².